The highest BCUT2D eigenvalue weighted by Crippen LogP contribution is 2.25. The van der Waals surface area contributed by atoms with Gasteiger partial charge in [0.25, 0.3) is 0 Å². The van der Waals surface area contributed by atoms with Gasteiger partial charge in [0.2, 0.25) is 0 Å². The second kappa shape index (κ2) is 6.37. The first kappa shape index (κ1) is 15.0. The predicted molar refractivity (Wildman–Crippen MR) is 81.6 cm³/mol. The summed E-state index contributed by atoms with van der Waals surface area (Å²) in [6.45, 7) is 3.04. The van der Waals surface area contributed by atoms with Crippen molar-refractivity contribution in [3.05, 3.63) is 22.4 Å². The molecule has 108 valence electrons. The van der Waals surface area contributed by atoms with E-state index in [-0.39, 0.29) is 11.3 Å². The molecule has 3 nitrogen and oxygen atoms in total. The van der Waals surface area contributed by atoms with E-state index < -0.39 is 9.84 Å². The van der Waals surface area contributed by atoms with E-state index in [0.29, 0.717) is 5.92 Å². The molecule has 1 heterocycles. The summed E-state index contributed by atoms with van der Waals surface area (Å²) in [7, 11) is -2.94. The molecule has 1 aromatic rings. The Bertz CT molecular complexity index is 482. The van der Waals surface area contributed by atoms with E-state index in [1.54, 1.807) is 11.3 Å². The van der Waals surface area contributed by atoms with Crippen molar-refractivity contribution >= 4 is 21.2 Å². The van der Waals surface area contributed by atoms with Crippen LogP contribution >= 0.6 is 11.3 Å². The van der Waals surface area contributed by atoms with Crippen LogP contribution in [0, 0.1) is 0 Å². The number of nitrogens with one attached hydrogen (secondary N) is 1. The minimum absolute atomic E-state index is 0.129. The highest BCUT2D eigenvalue weighted by atomic mass is 32.2. The predicted octanol–water partition coefficient (Wildman–Crippen LogP) is 2.80. The fourth-order valence-electron chi connectivity index (χ4n) is 2.84. The molecule has 0 radical (unpaired) electrons. The summed E-state index contributed by atoms with van der Waals surface area (Å²) in [5, 5.41) is 7.55. The maximum absolute atomic E-state index is 11.8. The molecule has 1 aliphatic rings. The van der Waals surface area contributed by atoms with Gasteiger partial charge in [-0.3, -0.25) is 0 Å². The van der Waals surface area contributed by atoms with Gasteiger partial charge >= 0.3 is 0 Å². The van der Waals surface area contributed by atoms with Gasteiger partial charge in [-0.15, -0.1) is 0 Å². The van der Waals surface area contributed by atoms with Gasteiger partial charge in [0.15, 0.2) is 9.84 Å². The maximum atomic E-state index is 11.8. The van der Waals surface area contributed by atoms with Gasteiger partial charge in [-0.25, -0.2) is 8.42 Å². The van der Waals surface area contributed by atoms with Crippen LogP contribution in [0.1, 0.15) is 44.1 Å². The molecule has 5 heteroatoms. The Morgan fingerprint density at radius 1 is 1.42 bits per heavy atom. The highest BCUT2D eigenvalue weighted by Gasteiger charge is 2.32. The lowest BCUT2D eigenvalue weighted by atomic mass is 9.94. The number of hydrogen-bond donors (Lipinski definition) is 1. The average molecular weight is 301 g/mol. The summed E-state index contributed by atoms with van der Waals surface area (Å²) >= 11 is 1.71. The lowest BCUT2D eigenvalue weighted by Gasteiger charge is -2.31. The lowest BCUT2D eigenvalue weighted by Crippen LogP contribution is -2.46. The average Bonchev–Trinajstić information content (AvgIpc) is 2.89. The van der Waals surface area contributed by atoms with Crippen molar-refractivity contribution in [2.24, 2.45) is 0 Å². The molecule has 0 amide bonds. The van der Waals surface area contributed by atoms with Crippen molar-refractivity contribution in [2.45, 2.75) is 49.8 Å². The Morgan fingerprint density at radius 3 is 2.79 bits per heavy atom. The van der Waals surface area contributed by atoms with Crippen molar-refractivity contribution in [3.63, 3.8) is 0 Å². The van der Waals surface area contributed by atoms with E-state index in [9.17, 15) is 8.42 Å². The van der Waals surface area contributed by atoms with Gasteiger partial charge in [-0.1, -0.05) is 19.8 Å². The quantitative estimate of drug-likeness (QED) is 0.909. The van der Waals surface area contributed by atoms with Crippen molar-refractivity contribution in [3.8, 4) is 0 Å². The molecule has 0 aliphatic heterocycles. The number of rotatable bonds is 5. The Kier molecular flexibility index (Phi) is 5.03. The van der Waals surface area contributed by atoms with Gasteiger partial charge in [-0.2, -0.15) is 11.3 Å². The summed E-state index contributed by atoms with van der Waals surface area (Å²) < 4.78 is 23.7. The van der Waals surface area contributed by atoms with Crippen molar-refractivity contribution < 1.29 is 8.42 Å². The van der Waals surface area contributed by atoms with Crippen molar-refractivity contribution in [2.75, 3.05) is 12.8 Å². The molecular formula is C14H23NO2S2. The molecule has 0 spiro atoms. The molecule has 3 atom stereocenters. The summed E-state index contributed by atoms with van der Waals surface area (Å²) in [6.07, 6.45) is 5.34. The topological polar surface area (TPSA) is 46.2 Å². The van der Waals surface area contributed by atoms with Gasteiger partial charge in [0.05, 0.1) is 5.25 Å². The molecule has 1 aromatic heterocycles. The molecular weight excluding hydrogens is 278 g/mol. The number of sulfone groups is 1. The molecule has 1 aliphatic carbocycles. The van der Waals surface area contributed by atoms with E-state index in [1.165, 1.54) is 11.8 Å². The van der Waals surface area contributed by atoms with Crippen LogP contribution < -0.4 is 5.32 Å². The molecule has 0 aromatic carbocycles. The summed E-state index contributed by atoms with van der Waals surface area (Å²) in [4.78, 5) is 0. The lowest BCUT2D eigenvalue weighted by molar-refractivity contribution is 0.366. The number of hydrogen-bond acceptors (Lipinski definition) is 4. The van der Waals surface area contributed by atoms with Gasteiger partial charge in [-0.05, 0) is 41.1 Å². The van der Waals surface area contributed by atoms with Crippen LogP contribution in [-0.4, -0.2) is 32.5 Å². The van der Waals surface area contributed by atoms with E-state index in [0.717, 1.165) is 32.2 Å². The van der Waals surface area contributed by atoms with Crippen LogP contribution in [0.4, 0.5) is 0 Å². The Labute approximate surface area is 120 Å². The summed E-state index contributed by atoms with van der Waals surface area (Å²) in [5.74, 6) is 0.438. The molecule has 19 heavy (non-hydrogen) atoms. The van der Waals surface area contributed by atoms with Crippen LogP contribution in [0.3, 0.4) is 0 Å². The van der Waals surface area contributed by atoms with E-state index in [2.05, 4.69) is 29.1 Å². The largest absolute Gasteiger partial charge is 0.312 e. The van der Waals surface area contributed by atoms with Crippen molar-refractivity contribution in [1.82, 2.24) is 5.32 Å². The standard InChI is InChI=1S/C14H23NO2S2/c1-11(12-7-8-18-10-12)9-15-13-5-3-4-6-14(13)19(2,16)17/h7-8,10-11,13-15H,3-6,9H2,1-2H3. The minimum atomic E-state index is -2.94. The second-order valence-corrected chi connectivity index (χ2v) is 8.67. The maximum Gasteiger partial charge on any atom is 0.151 e. The summed E-state index contributed by atoms with van der Waals surface area (Å²) in [6, 6.07) is 2.27. The Morgan fingerprint density at radius 2 is 2.16 bits per heavy atom. The molecule has 3 unspecified atom stereocenters. The first-order valence-corrected chi connectivity index (χ1v) is 9.82. The fraction of sp³-hybridized carbons (Fsp3) is 0.714. The van der Waals surface area contributed by atoms with Crippen LogP contribution in [0.15, 0.2) is 16.8 Å². The molecule has 1 fully saturated rings. The summed E-state index contributed by atoms with van der Waals surface area (Å²) in [5.41, 5.74) is 1.34. The number of thiophene rings is 1. The monoisotopic (exact) mass is 301 g/mol. The molecule has 2 rings (SSSR count). The van der Waals surface area contributed by atoms with Crippen LogP contribution in [0.5, 0.6) is 0 Å². The Hall–Kier alpha value is -0.390. The van der Waals surface area contributed by atoms with Crippen LogP contribution in [0.25, 0.3) is 0 Å². The molecule has 0 saturated heterocycles. The fourth-order valence-corrected chi connectivity index (χ4v) is 5.05. The third-order valence-electron chi connectivity index (χ3n) is 4.05. The zero-order valence-corrected chi connectivity index (χ0v) is 13.3. The SMILES string of the molecule is CC(CNC1CCCCC1S(C)(=O)=O)c1ccsc1. The first-order chi connectivity index (χ1) is 8.98. The van der Waals surface area contributed by atoms with Crippen LogP contribution in [-0.2, 0) is 9.84 Å². The zero-order chi connectivity index (χ0) is 13.9. The third kappa shape index (κ3) is 4.04. The van der Waals surface area contributed by atoms with Gasteiger partial charge < -0.3 is 5.32 Å². The molecule has 1 saturated carbocycles. The first-order valence-electron chi connectivity index (χ1n) is 6.93. The van der Waals surface area contributed by atoms with E-state index in [1.807, 2.05) is 0 Å². The Balaban J connectivity index is 1.93. The van der Waals surface area contributed by atoms with Crippen LogP contribution in [0.2, 0.25) is 0 Å². The van der Waals surface area contributed by atoms with E-state index >= 15 is 0 Å². The minimum Gasteiger partial charge on any atom is -0.312 e. The second-order valence-electron chi connectivity index (χ2n) is 5.62. The van der Waals surface area contributed by atoms with Gasteiger partial charge in [0, 0.05) is 18.8 Å². The highest BCUT2D eigenvalue weighted by molar-refractivity contribution is 7.91. The van der Waals surface area contributed by atoms with Gasteiger partial charge in [0.1, 0.15) is 0 Å². The third-order valence-corrected chi connectivity index (χ3v) is 6.42. The zero-order valence-electron chi connectivity index (χ0n) is 11.6. The molecule has 0 bridgehead atoms. The smallest absolute Gasteiger partial charge is 0.151 e. The van der Waals surface area contributed by atoms with E-state index in [4.69, 9.17) is 0 Å². The van der Waals surface area contributed by atoms with Crippen molar-refractivity contribution in [1.29, 1.82) is 0 Å². The molecule has 1 N–H and O–H groups in total. The normalized spacial score (nSPS) is 26.2.